The fourth-order valence-electron chi connectivity index (χ4n) is 1.74. The van der Waals surface area contributed by atoms with Gasteiger partial charge in [0.05, 0.1) is 5.88 Å². The highest BCUT2D eigenvalue weighted by molar-refractivity contribution is 7.99. The van der Waals surface area contributed by atoms with E-state index in [1.807, 2.05) is 18.0 Å². The van der Waals surface area contributed by atoms with E-state index in [1.54, 1.807) is 0 Å². The van der Waals surface area contributed by atoms with Crippen LogP contribution in [0, 0.1) is 0 Å². The van der Waals surface area contributed by atoms with Crippen LogP contribution in [0.1, 0.15) is 5.56 Å². The Balaban J connectivity index is 2.15. The van der Waals surface area contributed by atoms with E-state index in [0.29, 0.717) is 0 Å². The van der Waals surface area contributed by atoms with E-state index in [2.05, 4.69) is 40.2 Å². The molecule has 2 nitrogen and oxygen atoms in total. The van der Waals surface area contributed by atoms with Gasteiger partial charge in [-0.1, -0.05) is 18.2 Å². The van der Waals surface area contributed by atoms with Gasteiger partial charge in [-0.2, -0.15) is 0 Å². The van der Waals surface area contributed by atoms with E-state index in [9.17, 15) is 0 Å². The Hall–Kier alpha value is -1.22. The summed E-state index contributed by atoms with van der Waals surface area (Å²) in [6.45, 7) is 0.986. The number of rotatable bonds is 0. The number of hydrogen-bond donors (Lipinski definition) is 0. The molecule has 2 heterocycles. The largest absolute Gasteiger partial charge is 0.343 e. The Labute approximate surface area is 87.3 Å². The summed E-state index contributed by atoms with van der Waals surface area (Å²) in [7, 11) is 0. The molecule has 0 spiro atoms. The zero-order valence-electron chi connectivity index (χ0n) is 7.68. The average molecular weight is 202 g/mol. The molecule has 0 bridgehead atoms. The summed E-state index contributed by atoms with van der Waals surface area (Å²) in [4.78, 5) is 8.09. The number of benzene rings is 1. The number of amidine groups is 1. The lowest BCUT2D eigenvalue weighted by Gasteiger charge is -2.31. The van der Waals surface area contributed by atoms with Crippen molar-refractivity contribution in [3.05, 3.63) is 42.1 Å². The van der Waals surface area contributed by atoms with E-state index in [4.69, 9.17) is 0 Å². The molecule has 0 unspecified atom stereocenters. The lowest BCUT2D eigenvalue weighted by molar-refractivity contribution is 0.532. The molecule has 70 valence electrons. The molecule has 0 aliphatic carbocycles. The van der Waals surface area contributed by atoms with Gasteiger partial charge in [0.2, 0.25) is 0 Å². The van der Waals surface area contributed by atoms with Crippen molar-refractivity contribution in [3.8, 4) is 0 Å². The van der Waals surface area contributed by atoms with Crippen LogP contribution in [-0.4, -0.2) is 23.2 Å². The Morgan fingerprint density at radius 3 is 3.21 bits per heavy atom. The molecule has 0 saturated carbocycles. The van der Waals surface area contributed by atoms with Gasteiger partial charge in [-0.3, -0.25) is 0 Å². The Morgan fingerprint density at radius 1 is 1.29 bits per heavy atom. The van der Waals surface area contributed by atoms with E-state index in [-0.39, 0.29) is 0 Å². The van der Waals surface area contributed by atoms with Crippen LogP contribution in [0.2, 0.25) is 0 Å². The lowest BCUT2D eigenvalue weighted by atomic mass is 10.2. The summed E-state index contributed by atoms with van der Waals surface area (Å²) in [5, 5.41) is 0. The topological polar surface area (TPSA) is 15.6 Å². The lowest BCUT2D eigenvalue weighted by Crippen LogP contribution is -2.36. The van der Waals surface area contributed by atoms with Gasteiger partial charge >= 0.3 is 0 Å². The molecule has 2 aliphatic rings. The first-order valence-electron chi connectivity index (χ1n) is 4.65. The molecule has 2 aliphatic heterocycles. The van der Waals surface area contributed by atoms with Crippen LogP contribution in [0.25, 0.3) is 0 Å². The third-order valence-electron chi connectivity index (χ3n) is 2.43. The predicted octanol–water partition coefficient (Wildman–Crippen LogP) is 2.33. The summed E-state index contributed by atoms with van der Waals surface area (Å²) >= 11 is 1.89. The Morgan fingerprint density at radius 2 is 2.21 bits per heavy atom. The Kier molecular flexibility index (Phi) is 1.84. The first-order chi connectivity index (χ1) is 6.95. The van der Waals surface area contributed by atoms with Crippen LogP contribution in [0.15, 0.2) is 46.4 Å². The van der Waals surface area contributed by atoms with Gasteiger partial charge < -0.3 is 4.90 Å². The number of aliphatic imine (C=N–C) groups is 1. The van der Waals surface area contributed by atoms with E-state index >= 15 is 0 Å². The Bertz CT molecular complexity index is 423. The van der Waals surface area contributed by atoms with Crippen molar-refractivity contribution < 1.29 is 0 Å². The van der Waals surface area contributed by atoms with E-state index < -0.39 is 0 Å². The summed E-state index contributed by atoms with van der Waals surface area (Å²) in [6, 6.07) is 8.47. The molecular weight excluding hydrogens is 192 g/mol. The number of hydrogen-bond acceptors (Lipinski definition) is 3. The SMILES string of the molecule is C1=CN=C2c3ccccc3SCN2C1. The smallest absolute Gasteiger partial charge is 0.137 e. The molecule has 0 N–H and O–H groups in total. The second-order valence-electron chi connectivity index (χ2n) is 3.33. The van der Waals surface area contributed by atoms with Gasteiger partial charge in [-0.25, -0.2) is 4.99 Å². The van der Waals surface area contributed by atoms with Crippen LogP contribution < -0.4 is 0 Å². The van der Waals surface area contributed by atoms with Crippen LogP contribution in [0.3, 0.4) is 0 Å². The normalized spacial score (nSPS) is 18.6. The molecule has 0 aromatic heterocycles. The van der Waals surface area contributed by atoms with Crippen molar-refractivity contribution in [1.82, 2.24) is 4.90 Å². The van der Waals surface area contributed by atoms with Crippen LogP contribution in [0.5, 0.6) is 0 Å². The van der Waals surface area contributed by atoms with E-state index in [1.165, 1.54) is 10.5 Å². The zero-order valence-corrected chi connectivity index (χ0v) is 8.50. The highest BCUT2D eigenvalue weighted by Crippen LogP contribution is 2.31. The highest BCUT2D eigenvalue weighted by Gasteiger charge is 2.22. The second-order valence-corrected chi connectivity index (χ2v) is 4.32. The van der Waals surface area contributed by atoms with Gasteiger partial charge in [-0.05, 0) is 12.1 Å². The maximum atomic E-state index is 4.44. The minimum absolute atomic E-state index is 0.986. The highest BCUT2D eigenvalue weighted by atomic mass is 32.2. The first-order valence-corrected chi connectivity index (χ1v) is 5.64. The summed E-state index contributed by atoms with van der Waals surface area (Å²) in [5.74, 6) is 2.14. The monoisotopic (exact) mass is 202 g/mol. The van der Waals surface area contributed by atoms with Crippen molar-refractivity contribution in [1.29, 1.82) is 0 Å². The summed E-state index contributed by atoms with van der Waals surface area (Å²) < 4.78 is 0. The number of fused-ring (bicyclic) bond motifs is 3. The maximum Gasteiger partial charge on any atom is 0.137 e. The minimum atomic E-state index is 0.986. The third-order valence-corrected chi connectivity index (χ3v) is 3.54. The minimum Gasteiger partial charge on any atom is -0.343 e. The third kappa shape index (κ3) is 1.16. The van der Waals surface area contributed by atoms with Gasteiger partial charge in [0, 0.05) is 23.2 Å². The van der Waals surface area contributed by atoms with Gasteiger partial charge in [0.25, 0.3) is 0 Å². The molecule has 0 radical (unpaired) electrons. The van der Waals surface area contributed by atoms with Crippen LogP contribution in [-0.2, 0) is 0 Å². The molecule has 0 saturated heterocycles. The van der Waals surface area contributed by atoms with Crippen LogP contribution in [0.4, 0.5) is 0 Å². The summed E-state index contributed by atoms with van der Waals surface area (Å²) in [5.41, 5.74) is 1.27. The maximum absolute atomic E-state index is 4.44. The zero-order chi connectivity index (χ0) is 9.38. The molecule has 0 fully saturated rings. The standard InChI is InChI=1S/C11H10N2S/c1-2-5-10-9(4-1)11-12-6-3-7-13(11)8-14-10/h1-6H,7-8H2. The quantitative estimate of drug-likeness (QED) is 0.641. The molecule has 0 amide bonds. The number of nitrogens with zero attached hydrogens (tertiary/aromatic N) is 2. The van der Waals surface area contributed by atoms with Crippen molar-refractivity contribution >= 4 is 17.6 Å². The van der Waals surface area contributed by atoms with Crippen molar-refractivity contribution in [2.75, 3.05) is 12.4 Å². The average Bonchev–Trinajstić information content (AvgIpc) is 2.29. The molecule has 0 atom stereocenters. The predicted molar refractivity (Wildman–Crippen MR) is 59.5 cm³/mol. The van der Waals surface area contributed by atoms with Crippen molar-refractivity contribution in [3.63, 3.8) is 0 Å². The van der Waals surface area contributed by atoms with Crippen molar-refractivity contribution in [2.45, 2.75) is 4.90 Å². The van der Waals surface area contributed by atoms with Gasteiger partial charge in [0.1, 0.15) is 5.84 Å². The molecule has 3 rings (SSSR count). The van der Waals surface area contributed by atoms with Gasteiger partial charge in [-0.15, -0.1) is 11.8 Å². The molecule has 3 heteroatoms. The molecule has 1 aromatic rings. The molecule has 14 heavy (non-hydrogen) atoms. The van der Waals surface area contributed by atoms with Crippen molar-refractivity contribution in [2.24, 2.45) is 4.99 Å². The van der Waals surface area contributed by atoms with Gasteiger partial charge in [0.15, 0.2) is 0 Å². The summed E-state index contributed by atoms with van der Waals surface area (Å²) in [6.07, 6.45) is 4.00. The molecular formula is C11H10N2S. The fraction of sp³-hybridized carbons (Fsp3) is 0.182. The van der Waals surface area contributed by atoms with Crippen LogP contribution >= 0.6 is 11.8 Å². The second kappa shape index (κ2) is 3.17. The van der Waals surface area contributed by atoms with E-state index in [0.717, 1.165) is 18.3 Å². The first kappa shape index (κ1) is 8.12. The molecule has 1 aromatic carbocycles. The number of thioether (sulfide) groups is 1. The fourth-order valence-corrected chi connectivity index (χ4v) is 2.76.